The Balaban J connectivity index is 1.67. The van der Waals surface area contributed by atoms with Crippen molar-refractivity contribution in [3.05, 3.63) is 99.0 Å². The van der Waals surface area contributed by atoms with E-state index in [0.29, 0.717) is 21.0 Å². The number of amides is 3. The van der Waals surface area contributed by atoms with Crippen LogP contribution in [0.1, 0.15) is 11.1 Å². The van der Waals surface area contributed by atoms with E-state index in [0.717, 1.165) is 26.2 Å². The Kier molecular flexibility index (Phi) is 10.00. The SMILES string of the molecule is O=C1C(Cc2ccc(Cl)cc2)N2C(=O)C(N(Cc3ccccc3)C(=O)O)CN(S(=O)(=O)c3ccc(Cl)cc3Cl)C2CN1CC(F)(F)F. The van der Waals surface area contributed by atoms with Crippen molar-refractivity contribution >= 4 is 62.7 Å². The third-order valence-electron chi connectivity index (χ3n) is 7.87. The first-order valence-corrected chi connectivity index (χ1v) is 16.6. The number of rotatable bonds is 8. The molecule has 250 valence electrons. The summed E-state index contributed by atoms with van der Waals surface area (Å²) in [5.41, 5.74) is 0.883. The van der Waals surface area contributed by atoms with Crippen LogP contribution in [0.25, 0.3) is 0 Å². The second-order valence-electron chi connectivity index (χ2n) is 11.0. The van der Waals surface area contributed by atoms with Gasteiger partial charge in [-0.2, -0.15) is 17.5 Å². The summed E-state index contributed by atoms with van der Waals surface area (Å²) in [6.07, 6.45) is -8.40. The Morgan fingerprint density at radius 2 is 1.53 bits per heavy atom. The molecule has 17 heteroatoms. The molecule has 3 unspecified atom stereocenters. The van der Waals surface area contributed by atoms with E-state index in [1.54, 1.807) is 30.3 Å². The molecule has 2 heterocycles. The highest BCUT2D eigenvalue weighted by molar-refractivity contribution is 7.89. The van der Waals surface area contributed by atoms with E-state index >= 15 is 0 Å². The first-order chi connectivity index (χ1) is 22.1. The molecule has 3 amide bonds. The van der Waals surface area contributed by atoms with E-state index in [-0.39, 0.29) is 23.0 Å². The van der Waals surface area contributed by atoms with Crippen LogP contribution in [0.4, 0.5) is 18.0 Å². The van der Waals surface area contributed by atoms with Gasteiger partial charge in [0.1, 0.15) is 29.7 Å². The third kappa shape index (κ3) is 7.46. The van der Waals surface area contributed by atoms with Crippen molar-refractivity contribution in [2.24, 2.45) is 0 Å². The Morgan fingerprint density at radius 3 is 2.13 bits per heavy atom. The number of carboxylic acid groups (broad SMARTS) is 1. The summed E-state index contributed by atoms with van der Waals surface area (Å²) in [6.45, 7) is -3.67. The molecule has 0 aromatic heterocycles. The predicted octanol–water partition coefficient (Wildman–Crippen LogP) is 5.37. The first-order valence-electron chi connectivity index (χ1n) is 14.0. The number of hydrogen-bond acceptors (Lipinski definition) is 5. The number of carbonyl (C=O) groups is 3. The number of alkyl halides is 3. The molecule has 3 aromatic rings. The molecule has 0 saturated carbocycles. The lowest BCUT2D eigenvalue weighted by molar-refractivity contribution is -0.185. The molecular weight excluding hydrogens is 708 g/mol. The second kappa shape index (κ2) is 13.5. The van der Waals surface area contributed by atoms with Gasteiger partial charge in [-0.1, -0.05) is 77.3 Å². The molecule has 0 radical (unpaired) electrons. The molecule has 3 atom stereocenters. The summed E-state index contributed by atoms with van der Waals surface area (Å²) in [4.78, 5) is 42.4. The summed E-state index contributed by atoms with van der Waals surface area (Å²) in [7, 11) is -4.76. The zero-order valence-electron chi connectivity index (χ0n) is 24.1. The normalized spacial score (nSPS) is 20.7. The Labute approximate surface area is 282 Å². The molecule has 0 spiro atoms. The lowest BCUT2D eigenvalue weighted by Gasteiger charge is -2.54. The topological polar surface area (TPSA) is 119 Å². The smallest absolute Gasteiger partial charge is 0.408 e. The van der Waals surface area contributed by atoms with Crippen LogP contribution in [0, 0.1) is 0 Å². The van der Waals surface area contributed by atoms with Crippen molar-refractivity contribution in [1.29, 1.82) is 0 Å². The molecule has 0 bridgehead atoms. The lowest BCUT2D eigenvalue weighted by Crippen LogP contribution is -2.76. The van der Waals surface area contributed by atoms with Crippen LogP contribution in [-0.4, -0.2) is 94.5 Å². The van der Waals surface area contributed by atoms with Crippen molar-refractivity contribution in [3.8, 4) is 0 Å². The molecule has 10 nitrogen and oxygen atoms in total. The number of piperazine rings is 1. The fourth-order valence-electron chi connectivity index (χ4n) is 5.77. The van der Waals surface area contributed by atoms with E-state index in [9.17, 15) is 41.1 Å². The van der Waals surface area contributed by atoms with E-state index in [4.69, 9.17) is 34.8 Å². The van der Waals surface area contributed by atoms with Crippen molar-refractivity contribution in [1.82, 2.24) is 19.0 Å². The number of sulfonamides is 1. The number of fused-ring (bicyclic) bond motifs is 1. The zero-order chi connectivity index (χ0) is 34.3. The molecule has 47 heavy (non-hydrogen) atoms. The maximum absolute atomic E-state index is 14.4. The number of nitrogens with zero attached hydrogens (tertiary/aromatic N) is 4. The monoisotopic (exact) mass is 732 g/mol. The zero-order valence-corrected chi connectivity index (χ0v) is 27.2. The quantitative estimate of drug-likeness (QED) is 0.333. The van der Waals surface area contributed by atoms with Gasteiger partial charge in [-0.3, -0.25) is 14.5 Å². The summed E-state index contributed by atoms with van der Waals surface area (Å²) in [5, 5.41) is 10.4. The maximum Gasteiger partial charge on any atom is 0.408 e. The van der Waals surface area contributed by atoms with E-state index < -0.39 is 76.9 Å². The molecule has 0 aliphatic carbocycles. The minimum absolute atomic E-state index is 0.102. The van der Waals surface area contributed by atoms with Crippen molar-refractivity contribution in [2.75, 3.05) is 19.6 Å². The minimum atomic E-state index is -4.86. The molecule has 2 saturated heterocycles. The van der Waals surface area contributed by atoms with Gasteiger partial charge in [0.05, 0.1) is 11.6 Å². The molecule has 3 aromatic carbocycles. The van der Waals surface area contributed by atoms with Gasteiger partial charge < -0.3 is 14.9 Å². The van der Waals surface area contributed by atoms with Gasteiger partial charge >= 0.3 is 12.3 Å². The van der Waals surface area contributed by atoms with Crippen LogP contribution in [-0.2, 0) is 32.6 Å². The van der Waals surface area contributed by atoms with Crippen LogP contribution in [0.2, 0.25) is 15.1 Å². The largest absolute Gasteiger partial charge is 0.465 e. The van der Waals surface area contributed by atoms with Gasteiger partial charge in [-0.15, -0.1) is 0 Å². The van der Waals surface area contributed by atoms with Crippen LogP contribution in [0.5, 0.6) is 0 Å². The fraction of sp³-hybridized carbons (Fsp3) is 0.300. The standard InChI is InChI=1S/C30H26Cl3F3N4O6S/c31-20-8-6-18(7-9-20)12-23-27(41)37(17-30(34,35)36)16-26-39(47(45,46)25-11-10-21(32)13-22(25)33)15-24(28(42)40(23)26)38(29(43)44)14-19-4-2-1-3-5-19/h1-11,13,23-24,26H,12,14-17H2,(H,43,44). The first kappa shape index (κ1) is 34.8. The highest BCUT2D eigenvalue weighted by atomic mass is 35.5. The maximum atomic E-state index is 14.4. The molecule has 2 aliphatic rings. The van der Waals surface area contributed by atoms with Crippen LogP contribution in [0.15, 0.2) is 77.7 Å². The number of carbonyl (C=O) groups excluding carboxylic acids is 2. The van der Waals surface area contributed by atoms with Gasteiger partial charge in [0.25, 0.3) is 0 Å². The Morgan fingerprint density at radius 1 is 0.894 bits per heavy atom. The van der Waals surface area contributed by atoms with E-state index in [1.165, 1.54) is 30.3 Å². The van der Waals surface area contributed by atoms with Crippen LogP contribution < -0.4 is 0 Å². The van der Waals surface area contributed by atoms with Crippen molar-refractivity contribution in [2.45, 2.75) is 42.3 Å². The molecule has 1 N–H and O–H groups in total. The summed E-state index contributed by atoms with van der Waals surface area (Å²) < 4.78 is 70.6. The third-order valence-corrected chi connectivity index (χ3v) is 10.7. The number of halogens is 6. The Hall–Kier alpha value is -3.56. The summed E-state index contributed by atoms with van der Waals surface area (Å²) in [5.74, 6) is -2.03. The fourth-order valence-corrected chi connectivity index (χ4v) is 8.22. The van der Waals surface area contributed by atoms with Crippen molar-refractivity contribution in [3.63, 3.8) is 0 Å². The molecule has 5 rings (SSSR count). The van der Waals surface area contributed by atoms with Gasteiger partial charge in [-0.05, 0) is 41.5 Å². The molecule has 2 fully saturated rings. The molecule has 2 aliphatic heterocycles. The van der Waals surface area contributed by atoms with Gasteiger partial charge in [-0.25, -0.2) is 13.2 Å². The average Bonchev–Trinajstić information content (AvgIpc) is 2.99. The van der Waals surface area contributed by atoms with E-state index in [1.807, 2.05) is 0 Å². The van der Waals surface area contributed by atoms with Crippen LogP contribution in [0.3, 0.4) is 0 Å². The highest BCUT2D eigenvalue weighted by Crippen LogP contribution is 2.36. The summed E-state index contributed by atoms with van der Waals surface area (Å²) in [6, 6.07) is 14.4. The Bertz CT molecular complexity index is 1780. The van der Waals surface area contributed by atoms with E-state index in [2.05, 4.69) is 0 Å². The number of hydrogen-bond donors (Lipinski definition) is 1. The van der Waals surface area contributed by atoms with Gasteiger partial charge in [0.15, 0.2) is 0 Å². The molecular formula is C30H26Cl3F3N4O6S. The van der Waals surface area contributed by atoms with Crippen molar-refractivity contribution < 1.29 is 41.1 Å². The van der Waals surface area contributed by atoms with Gasteiger partial charge in [0.2, 0.25) is 21.8 Å². The van der Waals surface area contributed by atoms with Crippen LogP contribution >= 0.6 is 34.8 Å². The lowest BCUT2D eigenvalue weighted by atomic mass is 9.96. The summed E-state index contributed by atoms with van der Waals surface area (Å²) >= 11 is 18.3. The van der Waals surface area contributed by atoms with Gasteiger partial charge in [0, 0.05) is 29.6 Å². The average molecular weight is 734 g/mol. The highest BCUT2D eigenvalue weighted by Gasteiger charge is 2.56. The minimum Gasteiger partial charge on any atom is -0.465 e. The second-order valence-corrected chi connectivity index (χ2v) is 14.1. The predicted molar refractivity (Wildman–Crippen MR) is 166 cm³/mol. The number of benzene rings is 3.